The number of halogens is 3. The molecule has 0 bridgehead atoms. The summed E-state index contributed by atoms with van der Waals surface area (Å²) in [6, 6.07) is 15.5. The van der Waals surface area contributed by atoms with E-state index in [1.165, 1.54) is 30.3 Å². The summed E-state index contributed by atoms with van der Waals surface area (Å²) in [5, 5.41) is 17.1. The third-order valence-corrected chi connectivity index (χ3v) is 4.69. The fourth-order valence-corrected chi connectivity index (χ4v) is 3.07. The number of carbonyl (C=O) groups excluding carboxylic acids is 2. The van der Waals surface area contributed by atoms with Crippen LogP contribution in [0, 0.1) is 18.3 Å². The highest BCUT2D eigenvalue weighted by atomic mass is 19.4. The molecule has 0 saturated carbocycles. The zero-order valence-electron chi connectivity index (χ0n) is 17.5. The standard InChI is InChI=1S/C22H18F3N5O3/c1-14-7-6-8-15(11-14)19(31)29-21(20(32)33-2,22(23,24)25)28-18-16(12-26)13-27-30(18)17-9-4-3-5-10-17/h3-11,13,28H,1-2H3,(H,29,31)/t21-/m1/s1. The molecule has 0 saturated heterocycles. The summed E-state index contributed by atoms with van der Waals surface area (Å²) < 4.78 is 48.8. The molecule has 0 aliphatic carbocycles. The largest absolute Gasteiger partial charge is 0.466 e. The number of para-hydroxylation sites is 1. The molecule has 0 aliphatic rings. The monoisotopic (exact) mass is 457 g/mol. The van der Waals surface area contributed by atoms with Gasteiger partial charge in [-0.3, -0.25) is 4.79 Å². The number of hydrogen-bond donors (Lipinski definition) is 2. The molecular formula is C22H18F3N5O3. The maximum Gasteiger partial charge on any atom is 0.441 e. The Morgan fingerprint density at radius 2 is 1.82 bits per heavy atom. The molecule has 8 nitrogen and oxygen atoms in total. The normalized spacial score (nSPS) is 12.8. The third kappa shape index (κ3) is 4.50. The van der Waals surface area contributed by atoms with Crippen molar-refractivity contribution in [2.45, 2.75) is 18.8 Å². The van der Waals surface area contributed by atoms with Crippen molar-refractivity contribution in [3.8, 4) is 11.8 Å². The van der Waals surface area contributed by atoms with E-state index in [0.717, 1.165) is 18.0 Å². The van der Waals surface area contributed by atoms with Crippen molar-refractivity contribution in [1.29, 1.82) is 5.26 Å². The summed E-state index contributed by atoms with van der Waals surface area (Å²) >= 11 is 0. The van der Waals surface area contributed by atoms with Gasteiger partial charge < -0.3 is 15.4 Å². The summed E-state index contributed by atoms with van der Waals surface area (Å²) in [5.41, 5.74) is -3.18. The maximum atomic E-state index is 14.4. The summed E-state index contributed by atoms with van der Waals surface area (Å²) in [5.74, 6) is -3.48. The Balaban J connectivity index is 2.16. The van der Waals surface area contributed by atoms with Crippen LogP contribution in [0.15, 0.2) is 60.8 Å². The van der Waals surface area contributed by atoms with Crippen LogP contribution >= 0.6 is 0 Å². The molecule has 1 heterocycles. The van der Waals surface area contributed by atoms with Crippen LogP contribution in [0.25, 0.3) is 5.69 Å². The average Bonchev–Trinajstić information content (AvgIpc) is 3.20. The lowest BCUT2D eigenvalue weighted by atomic mass is 10.1. The van der Waals surface area contributed by atoms with E-state index in [1.54, 1.807) is 42.6 Å². The first-order valence-electron chi connectivity index (χ1n) is 9.49. The number of anilines is 1. The number of amides is 1. The van der Waals surface area contributed by atoms with Crippen LogP contribution in [0.5, 0.6) is 0 Å². The first kappa shape index (κ1) is 23.3. The van der Waals surface area contributed by atoms with Crippen LogP contribution in [-0.4, -0.2) is 40.6 Å². The molecule has 2 aromatic carbocycles. The van der Waals surface area contributed by atoms with Crippen LogP contribution in [0.2, 0.25) is 0 Å². The average molecular weight is 457 g/mol. The Morgan fingerprint density at radius 1 is 1.12 bits per heavy atom. The van der Waals surface area contributed by atoms with Crippen LogP contribution in [-0.2, 0) is 9.53 Å². The molecule has 1 atom stereocenters. The number of esters is 1. The molecule has 170 valence electrons. The van der Waals surface area contributed by atoms with Crippen LogP contribution in [0.4, 0.5) is 19.0 Å². The van der Waals surface area contributed by atoms with Gasteiger partial charge in [0.1, 0.15) is 17.5 Å². The van der Waals surface area contributed by atoms with Crippen LogP contribution in [0.1, 0.15) is 21.5 Å². The summed E-state index contributed by atoms with van der Waals surface area (Å²) in [6.45, 7) is 1.66. The Kier molecular flexibility index (Phi) is 6.39. The van der Waals surface area contributed by atoms with Gasteiger partial charge in [0, 0.05) is 5.56 Å². The topological polar surface area (TPSA) is 109 Å². The van der Waals surface area contributed by atoms with Crippen molar-refractivity contribution in [2.24, 2.45) is 0 Å². The van der Waals surface area contributed by atoms with Crippen molar-refractivity contribution in [3.05, 3.63) is 77.5 Å². The van der Waals surface area contributed by atoms with E-state index >= 15 is 0 Å². The van der Waals surface area contributed by atoms with E-state index in [4.69, 9.17) is 0 Å². The molecule has 33 heavy (non-hydrogen) atoms. The second-order valence-corrected chi connectivity index (χ2v) is 6.95. The Labute approximate surface area is 186 Å². The van der Waals surface area contributed by atoms with Crippen molar-refractivity contribution < 1.29 is 27.5 Å². The lowest BCUT2D eigenvalue weighted by molar-refractivity contribution is -0.203. The molecule has 1 amide bonds. The van der Waals surface area contributed by atoms with Gasteiger partial charge >= 0.3 is 17.8 Å². The molecule has 0 unspecified atom stereocenters. The lowest BCUT2D eigenvalue weighted by Gasteiger charge is -2.35. The van der Waals surface area contributed by atoms with Crippen molar-refractivity contribution in [1.82, 2.24) is 15.1 Å². The van der Waals surface area contributed by atoms with Crippen molar-refractivity contribution in [3.63, 3.8) is 0 Å². The number of ether oxygens (including phenoxy) is 1. The highest BCUT2D eigenvalue weighted by Gasteiger charge is 2.64. The van der Waals surface area contributed by atoms with Gasteiger partial charge in [-0.05, 0) is 31.2 Å². The third-order valence-electron chi connectivity index (χ3n) is 4.69. The van der Waals surface area contributed by atoms with E-state index in [1.807, 2.05) is 5.32 Å². The number of aryl methyl sites for hydroxylation is 1. The minimum Gasteiger partial charge on any atom is -0.466 e. The van der Waals surface area contributed by atoms with Gasteiger partial charge in [0.2, 0.25) is 0 Å². The van der Waals surface area contributed by atoms with Gasteiger partial charge in [0.25, 0.3) is 5.91 Å². The quantitative estimate of drug-likeness (QED) is 0.434. The number of rotatable bonds is 6. The highest BCUT2D eigenvalue weighted by molar-refractivity contribution is 5.99. The predicted molar refractivity (Wildman–Crippen MR) is 111 cm³/mol. The van der Waals surface area contributed by atoms with E-state index in [-0.39, 0.29) is 11.1 Å². The molecular weight excluding hydrogens is 439 g/mol. The van der Waals surface area contributed by atoms with Gasteiger partial charge in [-0.2, -0.15) is 23.5 Å². The number of nitrogens with one attached hydrogen (secondary N) is 2. The zero-order chi connectivity index (χ0) is 24.2. The maximum absolute atomic E-state index is 14.4. The van der Waals surface area contributed by atoms with Gasteiger partial charge in [0.15, 0.2) is 0 Å². The fraction of sp³-hybridized carbons (Fsp3) is 0.182. The molecule has 0 aliphatic heterocycles. The number of aromatic nitrogens is 2. The van der Waals surface area contributed by atoms with Gasteiger partial charge in [-0.25, -0.2) is 9.48 Å². The smallest absolute Gasteiger partial charge is 0.441 e. The highest BCUT2D eigenvalue weighted by Crippen LogP contribution is 2.35. The summed E-state index contributed by atoms with van der Waals surface area (Å²) in [6.07, 6.45) is -4.34. The van der Waals surface area contributed by atoms with E-state index in [0.29, 0.717) is 11.3 Å². The molecule has 3 aromatic rings. The molecule has 3 rings (SSSR count). The van der Waals surface area contributed by atoms with Crippen molar-refractivity contribution >= 4 is 17.7 Å². The van der Waals surface area contributed by atoms with Crippen molar-refractivity contribution in [2.75, 3.05) is 12.4 Å². The summed E-state index contributed by atoms with van der Waals surface area (Å²) in [4.78, 5) is 25.3. The Morgan fingerprint density at radius 3 is 2.39 bits per heavy atom. The van der Waals surface area contributed by atoms with Gasteiger partial charge in [-0.15, -0.1) is 0 Å². The Hall–Kier alpha value is -4.33. The number of nitriles is 1. The number of benzene rings is 2. The number of alkyl halides is 3. The second kappa shape index (κ2) is 9.04. The zero-order valence-corrected chi connectivity index (χ0v) is 17.5. The van der Waals surface area contributed by atoms with E-state index < -0.39 is 29.5 Å². The van der Waals surface area contributed by atoms with E-state index in [9.17, 15) is 28.0 Å². The number of nitrogens with zero attached hydrogens (tertiary/aromatic N) is 3. The minimum atomic E-state index is -5.38. The SMILES string of the molecule is COC(=O)[C@](NC(=O)c1cccc(C)c1)(Nc1c(C#N)cnn1-c1ccccc1)C(F)(F)F. The first-order valence-corrected chi connectivity index (χ1v) is 9.49. The molecule has 11 heteroatoms. The molecule has 2 N–H and O–H groups in total. The Bertz CT molecular complexity index is 1220. The van der Waals surface area contributed by atoms with Gasteiger partial charge in [0.05, 0.1) is 19.0 Å². The van der Waals surface area contributed by atoms with Crippen LogP contribution < -0.4 is 10.6 Å². The number of methoxy groups -OCH3 is 1. The van der Waals surface area contributed by atoms with Gasteiger partial charge in [-0.1, -0.05) is 35.9 Å². The molecule has 0 spiro atoms. The van der Waals surface area contributed by atoms with Crippen LogP contribution in [0.3, 0.4) is 0 Å². The second-order valence-electron chi connectivity index (χ2n) is 6.95. The molecule has 0 radical (unpaired) electrons. The van der Waals surface area contributed by atoms with E-state index in [2.05, 4.69) is 9.84 Å². The number of carbonyl (C=O) groups is 2. The first-order chi connectivity index (χ1) is 15.6. The minimum absolute atomic E-state index is 0.105. The summed E-state index contributed by atoms with van der Waals surface area (Å²) in [7, 11) is 0.753. The lowest BCUT2D eigenvalue weighted by Crippen LogP contribution is -2.69. The number of hydrogen-bond acceptors (Lipinski definition) is 6. The fourth-order valence-electron chi connectivity index (χ4n) is 3.07. The predicted octanol–water partition coefficient (Wildman–Crippen LogP) is 3.33. The molecule has 1 aromatic heterocycles. The molecule has 0 fully saturated rings.